The molecule has 0 spiro atoms. The smallest absolute Gasteiger partial charge is 0.161 e. The summed E-state index contributed by atoms with van der Waals surface area (Å²) in [5.74, 6) is -7.40. The maximum Gasteiger partial charge on any atom is 0.161 e. The van der Waals surface area contributed by atoms with Crippen LogP contribution < -0.4 is 56.8 Å². The van der Waals surface area contributed by atoms with E-state index in [4.69, 9.17) is 131 Å². The zero-order valence-electron chi connectivity index (χ0n) is 138. The molecule has 0 aromatic heterocycles. The highest BCUT2D eigenvalue weighted by Crippen LogP contribution is 2.53. The summed E-state index contributed by atoms with van der Waals surface area (Å²) in [6.45, 7) is -18.3. The number of aliphatic hydroxyl groups excluding tert-OH is 6. The van der Waals surface area contributed by atoms with Crippen LogP contribution in [0.25, 0.3) is 0 Å². The fourth-order valence-corrected chi connectivity index (χ4v) is 20.7. The molecule has 24 heteroatoms. The first-order valence-corrected chi connectivity index (χ1v) is 48.3. The lowest BCUT2D eigenvalue weighted by molar-refractivity contribution is -0.0259. The van der Waals surface area contributed by atoms with Gasteiger partial charge in [0, 0.05) is 164 Å². The summed E-state index contributed by atoms with van der Waals surface area (Å²) in [5.41, 5.74) is -4.11. The summed E-state index contributed by atoms with van der Waals surface area (Å²) in [5, 5.41) is 65.8. The molecular weight excluding hydrogens is 1780 g/mol. The molecule has 12 aliphatic rings. The van der Waals surface area contributed by atoms with Crippen LogP contribution in [-0.4, -0.2) is 260 Å². The van der Waals surface area contributed by atoms with Crippen molar-refractivity contribution >= 4 is 0 Å². The Kier molecular flexibility index (Phi) is 20.2. The first-order valence-electron chi connectivity index (χ1n) is 75.3. The minimum atomic E-state index is -3.41. The monoisotopic (exact) mass is 2010 g/mol. The first kappa shape index (κ1) is 58.8. The molecule has 6 fully saturated rings. The SMILES string of the molecule is [2H]c1c2c(c([2H])c(OC([2H])([2H])[2H])c1OC)C1CC(O)C(C([2H])([2H])C(C)(C([2H])([2H])[2H])C([2H])([2H])[2H])C([2H])([2H])N1CC2.[2H]c1c2c(c([2H])c(OC([2H])([2H])[2H])c1OC)C1CC(O)C(CC(C)C)C([2H])([2H])N1CC2.[2H]c1c2c(c([2H])c(OC)c1OC)C1CC(O)C(C([2H])([2H])C(C)(C([2H])([2H])[2H])C([2H])([2H])[2H])C([2H])([2H])N1CC2.[2H]c1c2c(c([2H])c(OC)c1OC)C1CC(O)C(C([2H])([2H])C(C)(C([2H])([2H])[2H])C([2H])([2H])[2H])C([2H])([2H])N1CC2.[2H]c1c2c(c([2H])c(OC)c1OC)C1CC(O)C(CC(C)C)C([2H])([2H])N1CC2.[2H]c1c2c(c([2H])c(OC)c1OC)C1CC(O)C(CC(C)C)C([2H])([2H])N1CC2. The predicted molar refractivity (Wildman–Crippen MR) is 561 cm³/mol. The Balaban J connectivity index is 0.000000189. The van der Waals surface area contributed by atoms with E-state index in [1.54, 1.807) is 14.7 Å². The third kappa shape index (κ3) is 26.9. The third-order valence-electron chi connectivity index (χ3n) is 27.1. The number of piperidine rings is 6. The number of nitrogens with zero attached hydrogens (tertiary/aromatic N) is 6. The molecule has 6 saturated heterocycles. The number of hydrogen-bond donors (Lipinski definition) is 6. The van der Waals surface area contributed by atoms with Gasteiger partial charge < -0.3 is 87.5 Å². The molecule has 0 bridgehead atoms. The Labute approximate surface area is 922 Å². The number of rotatable bonds is 21. The number of aliphatic hydroxyl groups is 6. The van der Waals surface area contributed by atoms with E-state index in [0.717, 1.165) is 18.7 Å². The molecule has 24 nitrogen and oxygen atoms in total. The van der Waals surface area contributed by atoms with Crippen molar-refractivity contribution in [2.45, 2.75) is 292 Å². The van der Waals surface area contributed by atoms with Crippen LogP contribution >= 0.6 is 0 Å². The second-order valence-electron chi connectivity index (χ2n) is 39.3. The molecule has 18 atom stereocenters. The van der Waals surface area contributed by atoms with E-state index < -0.39 is 256 Å². The first-order chi connectivity index (χ1) is 88.9. The summed E-state index contributed by atoms with van der Waals surface area (Å²) in [4.78, 5) is 8.77. The van der Waals surface area contributed by atoms with Gasteiger partial charge in [0.05, 0.1) is 146 Å². The van der Waals surface area contributed by atoms with Gasteiger partial charge in [-0.2, -0.15) is 0 Å². The Bertz CT molecular complexity index is 7350. The number of benzene rings is 6. The van der Waals surface area contributed by atoms with Crippen molar-refractivity contribution in [3.8, 4) is 69.0 Å². The van der Waals surface area contributed by atoms with Crippen molar-refractivity contribution in [1.82, 2.24) is 29.4 Å². The minimum Gasteiger partial charge on any atom is -0.493 e. The average molecular weight is 2010 g/mol. The molecule has 18 unspecified atom stereocenters. The lowest BCUT2D eigenvalue weighted by Crippen LogP contribution is -2.48. The van der Waals surface area contributed by atoms with E-state index >= 15 is 0 Å². The molecule has 6 aromatic carbocycles. The number of ether oxygens (including phenoxy) is 12. The van der Waals surface area contributed by atoms with E-state index in [9.17, 15) is 30.6 Å². The second kappa shape index (κ2) is 48.4. The molecule has 12 aliphatic heterocycles. The van der Waals surface area contributed by atoms with Gasteiger partial charge in [-0.1, -0.05) is 103 Å². The third-order valence-corrected chi connectivity index (χ3v) is 27.1. The van der Waals surface area contributed by atoms with Crippen molar-refractivity contribution in [1.29, 1.82) is 0 Å². The van der Waals surface area contributed by atoms with Crippen LogP contribution in [0.1, 0.15) is 357 Å². The molecule has 786 valence electrons. The van der Waals surface area contributed by atoms with E-state index in [-0.39, 0.29) is 228 Å². The summed E-state index contributed by atoms with van der Waals surface area (Å²) >= 11 is 0. The molecular formula is C117H180N6O18. The fourth-order valence-electron chi connectivity index (χ4n) is 20.7. The second-order valence-corrected chi connectivity index (χ2v) is 39.3. The maximum absolute atomic E-state index is 11.2. The zero-order valence-corrected chi connectivity index (χ0v) is 84.2. The maximum atomic E-state index is 11.2. The van der Waals surface area contributed by atoms with E-state index in [1.807, 2.05) is 41.5 Å². The average Bonchev–Trinajstić information content (AvgIpc) is 0.692. The Morgan fingerprint density at radius 1 is 0.277 bits per heavy atom. The van der Waals surface area contributed by atoms with Crippen LogP contribution in [0.5, 0.6) is 69.0 Å². The Morgan fingerprint density at radius 2 is 0.433 bits per heavy atom. The van der Waals surface area contributed by atoms with Crippen LogP contribution in [0, 0.1) is 69.5 Å². The zero-order chi connectivity index (χ0) is 149. The molecule has 6 N–H and O–H groups in total. The standard InChI is InChI=1S/3C20H31NO3.3C19H29NO3/c3*1-20(2,3)11-14-12-21-7-6-13-8-18(23-4)19(24-5)9-15(13)16(21)10-17(14)22;3*1-12(2)7-14-11-20-6-5-13-8-18(22-3)19(23-4)9-15(13)16(20)10-17(14)21/h3*8-9,14,16-17,22H,6-7,10-12H2,1-5H3;3*8-9,12,14,16-17,21H,5-7,10-11H2,1-4H3/i1D3,2D3,5D3,8D,9D,11D2,12D2;2*1D3,2D3,8D,9D,11D2,12D2;4D3,8D,9D,11D2;2*8D,9D,11D2. The Hall–Kier alpha value is -7.56. The van der Waals surface area contributed by atoms with Crippen LogP contribution in [0.2, 0.25) is 0 Å². The molecule has 12 heterocycles. The van der Waals surface area contributed by atoms with Crippen molar-refractivity contribution in [3.05, 3.63) is 139 Å². The summed E-state index contributed by atoms with van der Waals surface area (Å²) < 4.78 is 510. The summed E-state index contributed by atoms with van der Waals surface area (Å²) in [6.07, 6.45) is -14.8. The van der Waals surface area contributed by atoms with Crippen LogP contribution in [0.3, 0.4) is 0 Å². The quantitative estimate of drug-likeness (QED) is 0.0392. The molecule has 141 heavy (non-hydrogen) atoms. The van der Waals surface area contributed by atoms with Gasteiger partial charge in [0.15, 0.2) is 69.0 Å². The van der Waals surface area contributed by atoms with E-state index in [2.05, 4.69) is 0 Å². The van der Waals surface area contributed by atoms with Gasteiger partial charge in [-0.15, -0.1) is 0 Å². The Morgan fingerprint density at radius 3 is 0.589 bits per heavy atom. The van der Waals surface area contributed by atoms with E-state index in [0.29, 0.717) is 122 Å². The molecule has 0 aliphatic carbocycles. The highest BCUT2D eigenvalue weighted by Gasteiger charge is 2.47. The van der Waals surface area contributed by atoms with Gasteiger partial charge in [-0.3, -0.25) is 29.4 Å². The van der Waals surface area contributed by atoms with Gasteiger partial charge in [-0.05, 0) is 324 Å². The fraction of sp³-hybridized carbons (Fsp3) is 0.692. The van der Waals surface area contributed by atoms with Crippen LogP contribution in [-0.2, 0) is 38.5 Å². The van der Waals surface area contributed by atoms with Crippen LogP contribution in [0.4, 0.5) is 0 Å². The van der Waals surface area contributed by atoms with Crippen LogP contribution in [0.15, 0.2) is 72.5 Å². The number of fused-ring (bicyclic) bond motifs is 18. The number of hydrogen-bond acceptors (Lipinski definition) is 24. The largest absolute Gasteiger partial charge is 0.493 e. The van der Waals surface area contributed by atoms with Gasteiger partial charge in [0.2, 0.25) is 0 Å². The van der Waals surface area contributed by atoms with Crippen molar-refractivity contribution in [3.63, 3.8) is 0 Å². The minimum absolute atomic E-state index is 0.0114. The topological polar surface area (TPSA) is 252 Å². The molecule has 0 saturated carbocycles. The number of methoxy groups -OCH3 is 12. The molecule has 0 radical (unpaired) electrons. The van der Waals surface area contributed by atoms with Crippen molar-refractivity contribution in [2.75, 3.05) is 163 Å². The molecule has 18 rings (SSSR count). The van der Waals surface area contributed by atoms with Gasteiger partial charge in [-0.25, -0.2) is 0 Å². The normalized spacial score (nSPS) is 36.2. The molecule has 6 aromatic rings. The lowest BCUT2D eigenvalue weighted by Gasteiger charge is -2.47. The molecule has 0 amide bonds. The highest BCUT2D eigenvalue weighted by atomic mass is 16.5. The van der Waals surface area contributed by atoms with Gasteiger partial charge in [0.1, 0.15) is 0 Å². The highest BCUT2D eigenvalue weighted by molar-refractivity contribution is 5.55. The summed E-state index contributed by atoms with van der Waals surface area (Å²) in [6, 6.07) is -5.47. The van der Waals surface area contributed by atoms with Gasteiger partial charge in [0.25, 0.3) is 0 Å². The van der Waals surface area contributed by atoms with Crippen molar-refractivity contribution < 1.29 is 162 Å². The predicted octanol–water partition coefficient (Wildman–Crippen LogP) is 19.3. The van der Waals surface area contributed by atoms with Crippen molar-refractivity contribution in [2.24, 2.45) is 69.5 Å². The summed E-state index contributed by atoms with van der Waals surface area (Å²) in [7, 11) is 7.66. The lowest BCUT2D eigenvalue weighted by atomic mass is 9.75. The van der Waals surface area contributed by atoms with Gasteiger partial charge >= 0.3 is 0 Å². The van der Waals surface area contributed by atoms with E-state index in [1.165, 1.54) is 80.9 Å².